The summed E-state index contributed by atoms with van der Waals surface area (Å²) in [6.07, 6.45) is 4.55. The summed E-state index contributed by atoms with van der Waals surface area (Å²) in [5.41, 5.74) is 0.108. The van der Waals surface area contributed by atoms with Crippen LogP contribution in [0.25, 0.3) is 0 Å². The molecule has 20 heavy (non-hydrogen) atoms. The second-order valence-corrected chi connectivity index (χ2v) is 5.39. The highest BCUT2D eigenvalue weighted by atomic mass is 19.1. The smallest absolute Gasteiger partial charge is 0.257 e. The zero-order valence-corrected chi connectivity index (χ0v) is 12.3. The second kappa shape index (κ2) is 6.20. The van der Waals surface area contributed by atoms with Gasteiger partial charge in [-0.2, -0.15) is 0 Å². The van der Waals surface area contributed by atoms with E-state index < -0.39 is 5.82 Å². The first-order chi connectivity index (χ1) is 9.56. The molecule has 0 bridgehead atoms. The number of amides is 1. The molecule has 4 nitrogen and oxygen atoms in total. The van der Waals surface area contributed by atoms with Crippen molar-refractivity contribution in [3.63, 3.8) is 0 Å². The number of carbonyl (C=O) groups excluding carboxylic acids is 1. The number of carbonyl (C=O) groups is 1. The minimum absolute atomic E-state index is 0.108. The van der Waals surface area contributed by atoms with Crippen LogP contribution in [0.3, 0.4) is 0 Å². The molecule has 2 heterocycles. The molecule has 2 atom stereocenters. The molecule has 0 aromatic carbocycles. The van der Waals surface area contributed by atoms with Crippen LogP contribution in [-0.2, 0) is 0 Å². The van der Waals surface area contributed by atoms with E-state index in [4.69, 9.17) is 0 Å². The van der Waals surface area contributed by atoms with Crippen LogP contribution < -0.4 is 5.32 Å². The predicted octanol–water partition coefficient (Wildman–Crippen LogP) is 3.06. The molecule has 0 radical (unpaired) electrons. The lowest BCUT2D eigenvalue weighted by molar-refractivity contribution is 0.0506. The lowest BCUT2D eigenvalue weighted by Crippen LogP contribution is -2.47. The van der Waals surface area contributed by atoms with Crippen molar-refractivity contribution in [1.82, 2.24) is 9.88 Å². The van der Waals surface area contributed by atoms with Crippen LogP contribution in [-0.4, -0.2) is 34.4 Å². The Bertz CT molecular complexity index is 482. The number of aromatic nitrogens is 1. The molecule has 0 saturated carbocycles. The third kappa shape index (κ3) is 2.76. The molecule has 0 unspecified atom stereocenters. The summed E-state index contributed by atoms with van der Waals surface area (Å²) in [5.74, 6) is -0.635. The molecule has 1 aliphatic rings. The van der Waals surface area contributed by atoms with E-state index in [-0.39, 0.29) is 29.4 Å². The van der Waals surface area contributed by atoms with E-state index in [1.54, 1.807) is 4.90 Å². The maximum Gasteiger partial charge on any atom is 0.257 e. The van der Waals surface area contributed by atoms with E-state index in [1.807, 2.05) is 20.8 Å². The van der Waals surface area contributed by atoms with Crippen LogP contribution in [0, 0.1) is 5.82 Å². The van der Waals surface area contributed by atoms with Crippen LogP contribution in [0.15, 0.2) is 12.3 Å². The highest BCUT2D eigenvalue weighted by molar-refractivity contribution is 5.95. The third-order valence-corrected chi connectivity index (χ3v) is 3.89. The zero-order chi connectivity index (χ0) is 14.7. The Morgan fingerprint density at radius 2 is 2.10 bits per heavy atom. The summed E-state index contributed by atoms with van der Waals surface area (Å²) in [6.45, 7) is 6.48. The molecular formula is C15H22FN3O. The van der Waals surface area contributed by atoms with Crippen molar-refractivity contribution in [2.24, 2.45) is 0 Å². The van der Waals surface area contributed by atoms with Crippen LogP contribution in [0.2, 0.25) is 0 Å². The molecule has 110 valence electrons. The predicted molar refractivity (Wildman–Crippen MR) is 77.3 cm³/mol. The Morgan fingerprint density at radius 3 is 2.70 bits per heavy atom. The Balaban J connectivity index is 2.30. The Kier molecular flexibility index (Phi) is 4.57. The molecule has 1 fully saturated rings. The van der Waals surface area contributed by atoms with Crippen molar-refractivity contribution in [3.8, 4) is 0 Å². The molecular weight excluding hydrogens is 257 g/mol. The first kappa shape index (κ1) is 14.8. The van der Waals surface area contributed by atoms with Crippen molar-refractivity contribution in [2.75, 3.05) is 11.9 Å². The van der Waals surface area contributed by atoms with Gasteiger partial charge in [0.2, 0.25) is 0 Å². The van der Waals surface area contributed by atoms with E-state index in [0.717, 1.165) is 19.3 Å². The number of nitrogens with one attached hydrogen (secondary N) is 1. The van der Waals surface area contributed by atoms with E-state index >= 15 is 0 Å². The quantitative estimate of drug-likeness (QED) is 0.925. The van der Waals surface area contributed by atoms with Gasteiger partial charge in [0.15, 0.2) is 11.6 Å². The summed E-state index contributed by atoms with van der Waals surface area (Å²) in [5, 5.41) is 2.84. The van der Waals surface area contributed by atoms with E-state index in [1.165, 1.54) is 12.3 Å². The maximum atomic E-state index is 14.3. The Morgan fingerprint density at radius 1 is 1.45 bits per heavy atom. The number of anilines is 1. The lowest BCUT2D eigenvalue weighted by atomic mass is 9.96. The molecule has 5 heteroatoms. The molecule has 1 aliphatic heterocycles. The van der Waals surface area contributed by atoms with Gasteiger partial charge in [-0.15, -0.1) is 0 Å². The number of nitrogens with zero attached hydrogens (tertiary/aromatic N) is 2. The van der Waals surface area contributed by atoms with Gasteiger partial charge in [0, 0.05) is 24.8 Å². The second-order valence-electron chi connectivity index (χ2n) is 5.39. The first-order valence-electron chi connectivity index (χ1n) is 7.27. The summed E-state index contributed by atoms with van der Waals surface area (Å²) in [7, 11) is 0. The number of piperidine rings is 1. The number of hydrogen-bond acceptors (Lipinski definition) is 3. The molecule has 1 saturated heterocycles. The van der Waals surface area contributed by atoms with Gasteiger partial charge in [-0.25, -0.2) is 9.37 Å². The number of halogens is 1. The summed E-state index contributed by atoms with van der Waals surface area (Å²) in [6, 6.07) is 1.77. The summed E-state index contributed by atoms with van der Waals surface area (Å²) < 4.78 is 14.3. The third-order valence-electron chi connectivity index (χ3n) is 3.89. The lowest BCUT2D eigenvalue weighted by Gasteiger charge is -2.39. The fraction of sp³-hybridized carbons (Fsp3) is 0.600. The average molecular weight is 279 g/mol. The van der Waals surface area contributed by atoms with Gasteiger partial charge in [-0.05, 0) is 46.1 Å². The van der Waals surface area contributed by atoms with Crippen molar-refractivity contribution in [2.45, 2.75) is 52.1 Å². The number of hydrogen-bond donors (Lipinski definition) is 1. The van der Waals surface area contributed by atoms with Crippen molar-refractivity contribution >= 4 is 11.7 Å². The van der Waals surface area contributed by atoms with Gasteiger partial charge in [0.1, 0.15) is 0 Å². The van der Waals surface area contributed by atoms with Crippen LogP contribution in [0.5, 0.6) is 0 Å². The molecule has 1 amide bonds. The van der Waals surface area contributed by atoms with Crippen LogP contribution in [0.1, 0.15) is 50.4 Å². The minimum Gasteiger partial charge on any atom is -0.368 e. The van der Waals surface area contributed by atoms with Gasteiger partial charge in [-0.1, -0.05) is 0 Å². The van der Waals surface area contributed by atoms with Crippen molar-refractivity contribution in [3.05, 3.63) is 23.6 Å². The van der Waals surface area contributed by atoms with Gasteiger partial charge in [0.05, 0.1) is 5.56 Å². The van der Waals surface area contributed by atoms with Gasteiger partial charge >= 0.3 is 0 Å². The topological polar surface area (TPSA) is 45.2 Å². The SMILES string of the molecule is CCNc1nccc(C(=O)N2[C@H](C)CCC[C@@H]2C)c1F. The molecule has 1 N–H and O–H groups in total. The maximum absolute atomic E-state index is 14.3. The minimum atomic E-state index is -0.552. The largest absolute Gasteiger partial charge is 0.368 e. The Hall–Kier alpha value is -1.65. The van der Waals surface area contributed by atoms with E-state index in [9.17, 15) is 9.18 Å². The van der Waals surface area contributed by atoms with Crippen LogP contribution in [0.4, 0.5) is 10.2 Å². The zero-order valence-electron chi connectivity index (χ0n) is 12.3. The number of likely N-dealkylation sites (tertiary alicyclic amines) is 1. The van der Waals surface area contributed by atoms with E-state index in [0.29, 0.717) is 6.54 Å². The standard InChI is InChI=1S/C15H22FN3O/c1-4-17-14-13(16)12(8-9-18-14)15(20)19-10(2)6-5-7-11(19)3/h8-11H,4-7H2,1-3H3,(H,17,18)/t10-,11+. The van der Waals surface area contributed by atoms with Gasteiger partial charge in [-0.3, -0.25) is 4.79 Å². The fourth-order valence-corrected chi connectivity index (χ4v) is 2.86. The number of pyridine rings is 1. The summed E-state index contributed by atoms with van der Waals surface area (Å²) >= 11 is 0. The normalized spacial score (nSPS) is 22.7. The highest BCUT2D eigenvalue weighted by Gasteiger charge is 2.31. The molecule has 0 aliphatic carbocycles. The molecule has 2 rings (SSSR count). The van der Waals surface area contributed by atoms with Crippen LogP contribution >= 0.6 is 0 Å². The highest BCUT2D eigenvalue weighted by Crippen LogP contribution is 2.26. The Labute approximate surface area is 119 Å². The molecule has 1 aromatic rings. The summed E-state index contributed by atoms with van der Waals surface area (Å²) in [4.78, 5) is 18.4. The van der Waals surface area contributed by atoms with E-state index in [2.05, 4.69) is 10.3 Å². The first-order valence-corrected chi connectivity index (χ1v) is 7.27. The number of rotatable bonds is 3. The van der Waals surface area contributed by atoms with Gasteiger partial charge < -0.3 is 10.2 Å². The fourth-order valence-electron chi connectivity index (χ4n) is 2.86. The monoisotopic (exact) mass is 279 g/mol. The molecule has 0 spiro atoms. The van der Waals surface area contributed by atoms with Crippen molar-refractivity contribution in [1.29, 1.82) is 0 Å². The van der Waals surface area contributed by atoms with Gasteiger partial charge in [0.25, 0.3) is 5.91 Å². The average Bonchev–Trinajstić information content (AvgIpc) is 2.41. The van der Waals surface area contributed by atoms with Crippen molar-refractivity contribution < 1.29 is 9.18 Å². The molecule has 1 aromatic heterocycles.